The van der Waals surface area contributed by atoms with Crippen LogP contribution >= 0.6 is 50.7 Å². The number of hydrogen-bond acceptors (Lipinski definition) is 2. The van der Waals surface area contributed by atoms with E-state index in [2.05, 4.69) is 29.8 Å². The average Bonchev–Trinajstić information content (AvgIpc) is 2.34. The first-order valence-electron chi connectivity index (χ1n) is 6.78. The van der Waals surface area contributed by atoms with Gasteiger partial charge in [0, 0.05) is 19.1 Å². The second-order valence-corrected chi connectivity index (χ2v) is 8.02. The summed E-state index contributed by atoms with van der Waals surface area (Å²) in [6, 6.07) is 0. The van der Waals surface area contributed by atoms with E-state index in [1.165, 1.54) is 0 Å². The molecule has 2 atom stereocenters. The molecule has 2 unspecified atom stereocenters. The Balaban J connectivity index is 4.42. The van der Waals surface area contributed by atoms with E-state index in [0.717, 1.165) is 25.7 Å². The summed E-state index contributed by atoms with van der Waals surface area (Å²) in [5.74, 6) is -0.217. The first-order valence-corrected chi connectivity index (χ1v) is 8.83. The molecule has 0 rings (SSSR count). The SMILES string of the molecule is CCCCOB(OCCCC)C(Br)C(C)C(Cl)(Cl)Cl. The third-order valence-corrected chi connectivity index (χ3v) is 5.07. The highest BCUT2D eigenvalue weighted by molar-refractivity contribution is 9.10. The van der Waals surface area contributed by atoms with E-state index in [1.54, 1.807) is 0 Å². The molecule has 0 radical (unpaired) electrons. The van der Waals surface area contributed by atoms with Crippen molar-refractivity contribution in [2.75, 3.05) is 13.2 Å². The lowest BCUT2D eigenvalue weighted by Gasteiger charge is -2.28. The summed E-state index contributed by atoms with van der Waals surface area (Å²) in [7, 11) is -0.385. The van der Waals surface area contributed by atoms with Gasteiger partial charge in [-0.25, -0.2) is 0 Å². The van der Waals surface area contributed by atoms with Gasteiger partial charge >= 0.3 is 7.12 Å². The molecule has 0 bridgehead atoms. The number of unbranched alkanes of at least 4 members (excludes halogenated alkanes) is 2. The molecule has 19 heavy (non-hydrogen) atoms. The molecule has 0 amide bonds. The first kappa shape index (κ1) is 20.3. The van der Waals surface area contributed by atoms with E-state index in [-0.39, 0.29) is 17.8 Å². The van der Waals surface area contributed by atoms with Crippen LogP contribution in [0.15, 0.2) is 0 Å². The summed E-state index contributed by atoms with van der Waals surface area (Å²) < 4.78 is 10.0. The van der Waals surface area contributed by atoms with Crippen molar-refractivity contribution in [2.24, 2.45) is 5.92 Å². The zero-order valence-corrected chi connectivity index (χ0v) is 15.7. The predicted octanol–water partition coefficient (Wildman–Crippen LogP) is 5.42. The van der Waals surface area contributed by atoms with Crippen LogP contribution in [0.1, 0.15) is 46.5 Å². The lowest BCUT2D eigenvalue weighted by molar-refractivity contribution is 0.186. The maximum atomic E-state index is 5.93. The number of alkyl halides is 4. The Morgan fingerprint density at radius 3 is 1.79 bits per heavy atom. The van der Waals surface area contributed by atoms with Crippen molar-refractivity contribution in [3.8, 4) is 0 Å². The lowest BCUT2D eigenvalue weighted by atomic mass is 9.77. The second-order valence-electron chi connectivity index (χ2n) is 4.59. The fourth-order valence-corrected chi connectivity index (χ4v) is 2.90. The van der Waals surface area contributed by atoms with Gasteiger partial charge in [0.1, 0.15) is 0 Å². The van der Waals surface area contributed by atoms with E-state index >= 15 is 0 Å². The highest BCUT2D eigenvalue weighted by Gasteiger charge is 2.41. The van der Waals surface area contributed by atoms with E-state index in [0.29, 0.717) is 13.2 Å². The molecule has 2 nitrogen and oxygen atoms in total. The maximum Gasteiger partial charge on any atom is 0.471 e. The molecule has 0 aliphatic rings. The molecule has 0 aromatic heterocycles. The Morgan fingerprint density at radius 1 is 1.05 bits per heavy atom. The van der Waals surface area contributed by atoms with E-state index < -0.39 is 3.79 Å². The predicted molar refractivity (Wildman–Crippen MR) is 89.6 cm³/mol. The van der Waals surface area contributed by atoms with Crippen LogP contribution in [-0.4, -0.2) is 28.9 Å². The van der Waals surface area contributed by atoms with Crippen LogP contribution < -0.4 is 0 Å². The Bertz CT molecular complexity index is 220. The molecular weight excluding hydrogens is 373 g/mol. The largest absolute Gasteiger partial charge is 0.471 e. The molecule has 0 aliphatic heterocycles. The lowest BCUT2D eigenvalue weighted by Crippen LogP contribution is -2.42. The zero-order chi connectivity index (χ0) is 14.9. The summed E-state index contributed by atoms with van der Waals surface area (Å²) in [6.45, 7) is 7.41. The van der Waals surface area contributed by atoms with E-state index in [1.807, 2.05) is 6.92 Å². The molecule has 0 aliphatic carbocycles. The van der Waals surface area contributed by atoms with Gasteiger partial charge in [-0.2, -0.15) is 0 Å². The minimum absolute atomic E-state index is 0.159. The monoisotopic (exact) mass is 394 g/mol. The number of rotatable bonds is 10. The van der Waals surface area contributed by atoms with E-state index in [4.69, 9.17) is 44.1 Å². The highest BCUT2D eigenvalue weighted by Crippen LogP contribution is 2.39. The van der Waals surface area contributed by atoms with Crippen molar-refractivity contribution in [2.45, 2.75) is 55.0 Å². The minimum Gasteiger partial charge on any atom is -0.410 e. The average molecular weight is 396 g/mol. The van der Waals surface area contributed by atoms with Crippen LogP contribution in [0, 0.1) is 5.92 Å². The van der Waals surface area contributed by atoms with Gasteiger partial charge in [0.05, 0.1) is 4.73 Å². The van der Waals surface area contributed by atoms with Crippen LogP contribution in [0.4, 0.5) is 0 Å². The van der Waals surface area contributed by atoms with Gasteiger partial charge in [0.25, 0.3) is 0 Å². The molecule has 0 fully saturated rings. The fraction of sp³-hybridized carbons (Fsp3) is 1.00. The van der Waals surface area contributed by atoms with Gasteiger partial charge in [-0.15, -0.1) is 0 Å². The van der Waals surface area contributed by atoms with Crippen molar-refractivity contribution in [1.29, 1.82) is 0 Å². The quantitative estimate of drug-likeness (QED) is 0.279. The Morgan fingerprint density at radius 2 is 1.47 bits per heavy atom. The maximum absolute atomic E-state index is 5.93. The van der Waals surface area contributed by atoms with Gasteiger partial charge in [-0.1, -0.05) is 84.3 Å². The number of halogens is 4. The third kappa shape index (κ3) is 9.05. The number of hydrogen-bond donors (Lipinski definition) is 0. The summed E-state index contributed by atoms with van der Waals surface area (Å²) in [5, 5.41) is 0. The summed E-state index contributed by atoms with van der Waals surface area (Å²) in [6.07, 6.45) is 4.15. The van der Waals surface area contributed by atoms with Gasteiger partial charge in [0.2, 0.25) is 0 Å². The molecule has 0 aromatic rings. The molecule has 0 heterocycles. The molecule has 0 saturated carbocycles. The topological polar surface area (TPSA) is 18.5 Å². The van der Waals surface area contributed by atoms with Crippen molar-refractivity contribution in [3.05, 3.63) is 0 Å². The molecule has 114 valence electrons. The van der Waals surface area contributed by atoms with Crippen molar-refractivity contribution in [3.63, 3.8) is 0 Å². The Hall–Kier alpha value is 1.33. The second kappa shape index (κ2) is 11.0. The fourth-order valence-electron chi connectivity index (χ4n) is 1.34. The van der Waals surface area contributed by atoms with Crippen molar-refractivity contribution >= 4 is 57.9 Å². The van der Waals surface area contributed by atoms with Gasteiger partial charge in [-0.3, -0.25) is 0 Å². The smallest absolute Gasteiger partial charge is 0.410 e. The summed E-state index contributed by atoms with van der Waals surface area (Å²) in [4.78, 5) is 0. The molecule has 0 saturated heterocycles. The standard InChI is InChI=1S/C12H23BBrCl3O2/c1-4-6-8-18-13(19-9-7-5-2)11(14)10(3)12(15,16)17/h10-11H,4-9H2,1-3H3. The first-order chi connectivity index (χ1) is 8.84. The van der Waals surface area contributed by atoms with Gasteiger partial charge < -0.3 is 9.31 Å². The van der Waals surface area contributed by atoms with Crippen LogP contribution in [0.25, 0.3) is 0 Å². The normalized spacial score (nSPS) is 15.3. The van der Waals surface area contributed by atoms with Crippen LogP contribution in [-0.2, 0) is 9.31 Å². The minimum atomic E-state index is -1.34. The van der Waals surface area contributed by atoms with Crippen molar-refractivity contribution in [1.82, 2.24) is 0 Å². The Kier molecular flexibility index (Phi) is 11.7. The van der Waals surface area contributed by atoms with Gasteiger partial charge in [0.15, 0.2) is 3.79 Å². The highest BCUT2D eigenvalue weighted by atomic mass is 79.9. The molecular formula is C12H23BBrCl3O2. The molecule has 0 N–H and O–H groups in total. The van der Waals surface area contributed by atoms with Crippen LogP contribution in [0.3, 0.4) is 0 Å². The van der Waals surface area contributed by atoms with Crippen LogP contribution in [0.2, 0.25) is 0 Å². The molecule has 0 spiro atoms. The Labute approximate surface area is 141 Å². The van der Waals surface area contributed by atoms with Gasteiger partial charge in [-0.05, 0) is 12.8 Å². The molecule has 7 heteroatoms. The van der Waals surface area contributed by atoms with Crippen LogP contribution in [0.5, 0.6) is 0 Å². The molecule has 0 aromatic carbocycles. The third-order valence-electron chi connectivity index (χ3n) is 2.81. The van der Waals surface area contributed by atoms with E-state index in [9.17, 15) is 0 Å². The van der Waals surface area contributed by atoms with Crippen molar-refractivity contribution < 1.29 is 9.31 Å². The summed E-state index contributed by atoms with van der Waals surface area (Å²) in [5.41, 5.74) is 0. The zero-order valence-electron chi connectivity index (χ0n) is 11.8. The summed E-state index contributed by atoms with van der Waals surface area (Å²) >= 11 is 21.4.